The summed E-state index contributed by atoms with van der Waals surface area (Å²) in [5.74, 6) is -0.100. The van der Waals surface area contributed by atoms with Gasteiger partial charge in [0.15, 0.2) is 5.03 Å². The second kappa shape index (κ2) is 15.6. The van der Waals surface area contributed by atoms with Crippen molar-refractivity contribution >= 4 is 57.7 Å². The number of fused-ring (bicyclic) bond motifs is 1. The van der Waals surface area contributed by atoms with E-state index >= 15 is 0 Å². The van der Waals surface area contributed by atoms with Gasteiger partial charge < -0.3 is 25.0 Å². The van der Waals surface area contributed by atoms with Crippen LogP contribution in [0.3, 0.4) is 0 Å². The first-order valence-corrected chi connectivity index (χ1v) is 15.7. The Morgan fingerprint density at radius 1 is 1.19 bits per heavy atom. The number of hydrogen-bond donors (Lipinski definition) is 3. The van der Waals surface area contributed by atoms with Gasteiger partial charge in [-0.2, -0.15) is 4.98 Å². The SMILES string of the molecule is COc1nc2c(OCc3c(Cl)ccc(N(C)C(=O)CNC(=O)CCC4CN=C(N[N+](=O)[O-])NC4)c3Cl)cccc2n1Cc1ccccn1. The van der Waals surface area contributed by atoms with E-state index in [4.69, 9.17) is 32.7 Å². The molecule has 1 unspecified atom stereocenters. The second-order valence-corrected chi connectivity index (χ2v) is 11.6. The normalized spacial score (nSPS) is 14.1. The van der Waals surface area contributed by atoms with Gasteiger partial charge in [0.25, 0.3) is 12.0 Å². The monoisotopic (exact) mass is 697 g/mol. The molecule has 0 radical (unpaired) electrons. The predicted octanol–water partition coefficient (Wildman–Crippen LogP) is 3.59. The van der Waals surface area contributed by atoms with Gasteiger partial charge in [-0.3, -0.25) is 19.1 Å². The molecule has 4 aromatic rings. The van der Waals surface area contributed by atoms with Gasteiger partial charge in [0.2, 0.25) is 11.8 Å². The molecule has 0 saturated heterocycles. The zero-order valence-corrected chi connectivity index (χ0v) is 27.6. The number of likely N-dealkylation sites (N-methyl/N-ethyl adjacent to an activating group) is 1. The molecule has 0 spiro atoms. The fourth-order valence-corrected chi connectivity index (χ4v) is 5.70. The van der Waals surface area contributed by atoms with Crippen LogP contribution >= 0.6 is 23.2 Å². The molecule has 3 heterocycles. The molecule has 17 heteroatoms. The highest BCUT2D eigenvalue weighted by Crippen LogP contribution is 2.36. The van der Waals surface area contributed by atoms with E-state index in [0.717, 1.165) is 11.2 Å². The Labute approximate surface area is 285 Å². The number of nitro groups is 1. The molecule has 252 valence electrons. The van der Waals surface area contributed by atoms with Crippen molar-refractivity contribution < 1.29 is 24.1 Å². The maximum atomic E-state index is 13.0. The molecule has 2 amide bonds. The average molecular weight is 699 g/mol. The number of hydrazine groups is 1. The highest BCUT2D eigenvalue weighted by atomic mass is 35.5. The zero-order valence-electron chi connectivity index (χ0n) is 26.1. The van der Waals surface area contributed by atoms with Crippen LogP contribution in [0.15, 0.2) is 59.7 Å². The highest BCUT2D eigenvalue weighted by molar-refractivity contribution is 6.38. The number of amides is 2. The number of aliphatic imine (C=N–C) groups is 1. The van der Waals surface area contributed by atoms with Gasteiger partial charge in [-0.25, -0.2) is 15.1 Å². The molecule has 15 nitrogen and oxygen atoms in total. The minimum atomic E-state index is -0.693. The summed E-state index contributed by atoms with van der Waals surface area (Å²) >= 11 is 13.3. The summed E-state index contributed by atoms with van der Waals surface area (Å²) in [6, 6.07) is 14.9. The van der Waals surface area contributed by atoms with Crippen LogP contribution in [-0.2, 0) is 22.7 Å². The molecule has 0 bridgehead atoms. The van der Waals surface area contributed by atoms with E-state index in [0.29, 0.717) is 59.6 Å². The lowest BCUT2D eigenvalue weighted by atomic mass is 10.0. The first-order valence-electron chi connectivity index (χ1n) is 14.9. The zero-order chi connectivity index (χ0) is 34.2. The summed E-state index contributed by atoms with van der Waals surface area (Å²) in [6.07, 6.45) is 2.39. The number of ether oxygens (including phenoxy) is 2. The summed E-state index contributed by atoms with van der Waals surface area (Å²) < 4.78 is 13.6. The second-order valence-electron chi connectivity index (χ2n) is 10.9. The van der Waals surface area contributed by atoms with Crippen LogP contribution in [0.25, 0.3) is 11.0 Å². The first-order chi connectivity index (χ1) is 23.1. The van der Waals surface area contributed by atoms with E-state index in [-0.39, 0.29) is 42.4 Å². The predicted molar refractivity (Wildman–Crippen MR) is 180 cm³/mol. The van der Waals surface area contributed by atoms with Crippen LogP contribution in [0, 0.1) is 16.0 Å². The van der Waals surface area contributed by atoms with E-state index < -0.39 is 10.9 Å². The lowest BCUT2D eigenvalue weighted by Gasteiger charge is -2.22. The molecule has 3 N–H and O–H groups in total. The summed E-state index contributed by atoms with van der Waals surface area (Å²) in [4.78, 5) is 50.5. The van der Waals surface area contributed by atoms with Gasteiger partial charge in [0.1, 0.15) is 17.9 Å². The number of carbonyl (C=O) groups is 2. The Balaban J connectivity index is 1.20. The minimum absolute atomic E-state index is 0.0114. The Hall–Kier alpha value is -5.15. The third-order valence-corrected chi connectivity index (χ3v) is 8.46. The van der Waals surface area contributed by atoms with Gasteiger partial charge in [-0.05, 0) is 48.7 Å². The fourth-order valence-electron chi connectivity index (χ4n) is 5.09. The van der Waals surface area contributed by atoms with Crippen molar-refractivity contribution in [1.82, 2.24) is 30.6 Å². The number of imidazole rings is 1. The third kappa shape index (κ3) is 8.22. The molecule has 1 atom stereocenters. The number of aromatic nitrogens is 3. The number of methoxy groups -OCH3 is 1. The van der Waals surface area contributed by atoms with Crippen molar-refractivity contribution in [1.29, 1.82) is 0 Å². The van der Waals surface area contributed by atoms with Crippen molar-refractivity contribution in [3.05, 3.63) is 86.1 Å². The van der Waals surface area contributed by atoms with Crippen LogP contribution in [0.4, 0.5) is 5.69 Å². The van der Waals surface area contributed by atoms with Crippen molar-refractivity contribution in [3.63, 3.8) is 0 Å². The van der Waals surface area contributed by atoms with Gasteiger partial charge >= 0.3 is 0 Å². The highest BCUT2D eigenvalue weighted by Gasteiger charge is 2.22. The number of pyridine rings is 1. The number of guanidine groups is 1. The van der Waals surface area contributed by atoms with Crippen LogP contribution < -0.4 is 30.4 Å². The summed E-state index contributed by atoms with van der Waals surface area (Å²) in [5, 5.41) is 15.9. The summed E-state index contributed by atoms with van der Waals surface area (Å²) in [7, 11) is 3.10. The van der Waals surface area contributed by atoms with E-state index in [1.54, 1.807) is 38.6 Å². The van der Waals surface area contributed by atoms with Crippen LogP contribution in [0.1, 0.15) is 24.1 Å². The average Bonchev–Trinajstić information content (AvgIpc) is 3.44. The number of hydrogen-bond acceptors (Lipinski definition) is 10. The quantitative estimate of drug-likeness (QED) is 0.138. The Bertz CT molecular complexity index is 1840. The summed E-state index contributed by atoms with van der Waals surface area (Å²) in [5.41, 5.74) is 5.05. The molecule has 0 fully saturated rings. The number of benzene rings is 2. The van der Waals surface area contributed by atoms with Gasteiger partial charge in [0.05, 0.1) is 42.1 Å². The molecule has 5 rings (SSSR count). The molecule has 0 saturated carbocycles. The molecule has 1 aliphatic heterocycles. The Morgan fingerprint density at radius 2 is 2.02 bits per heavy atom. The van der Waals surface area contributed by atoms with Crippen LogP contribution in [-0.4, -0.2) is 71.1 Å². The standard InChI is InChI=1S/C31H33Cl2N9O6/c1-40(27(44)16-35-26(43)12-9-19-14-36-30(37-15-19)39-42(45)46)23-11-10-22(32)21(28(23)33)18-48-25-8-5-7-24-29(25)38-31(47-2)41(24)17-20-6-3-4-13-34-20/h3-8,10-11,13,19H,9,12,14-18H2,1-2H3,(H,35,43)(H2,36,37,39). The number of anilines is 1. The van der Waals surface area contributed by atoms with Crippen LogP contribution in [0.2, 0.25) is 10.0 Å². The summed E-state index contributed by atoms with van der Waals surface area (Å²) in [6.45, 7) is 0.974. The Kier molecular flexibility index (Phi) is 11.1. The van der Waals surface area contributed by atoms with Crippen molar-refractivity contribution in [2.24, 2.45) is 10.9 Å². The first kappa shape index (κ1) is 34.2. The molecular formula is C31H33Cl2N9O6. The van der Waals surface area contributed by atoms with Crippen molar-refractivity contribution in [3.8, 4) is 11.8 Å². The Morgan fingerprint density at radius 3 is 2.73 bits per heavy atom. The maximum absolute atomic E-state index is 13.0. The van der Waals surface area contributed by atoms with E-state index in [1.807, 2.05) is 40.3 Å². The third-order valence-electron chi connectivity index (χ3n) is 7.69. The molecular weight excluding hydrogens is 665 g/mol. The minimum Gasteiger partial charge on any atom is -0.486 e. The molecule has 2 aromatic carbocycles. The number of nitrogens with zero attached hydrogens (tertiary/aromatic N) is 6. The van der Waals surface area contributed by atoms with Gasteiger partial charge in [0, 0.05) is 43.3 Å². The lowest BCUT2D eigenvalue weighted by molar-refractivity contribution is -0.525. The maximum Gasteiger partial charge on any atom is 0.297 e. The number of carbonyl (C=O) groups excluding carboxylic acids is 2. The fraction of sp³-hybridized carbons (Fsp3) is 0.323. The van der Waals surface area contributed by atoms with Gasteiger partial charge in [-0.1, -0.05) is 40.8 Å². The smallest absolute Gasteiger partial charge is 0.297 e. The number of para-hydroxylation sites is 1. The largest absolute Gasteiger partial charge is 0.486 e. The molecule has 48 heavy (non-hydrogen) atoms. The number of halogens is 2. The van der Waals surface area contributed by atoms with E-state index in [2.05, 4.69) is 25.6 Å². The molecule has 1 aliphatic rings. The molecule has 2 aromatic heterocycles. The lowest BCUT2D eigenvalue weighted by Crippen LogP contribution is -2.46. The number of rotatable bonds is 13. The molecule has 0 aliphatic carbocycles. The van der Waals surface area contributed by atoms with E-state index in [1.165, 1.54) is 4.90 Å². The van der Waals surface area contributed by atoms with Crippen LogP contribution in [0.5, 0.6) is 11.8 Å². The van der Waals surface area contributed by atoms with Gasteiger partial charge in [-0.15, -0.1) is 0 Å². The van der Waals surface area contributed by atoms with Crippen molar-refractivity contribution in [2.45, 2.75) is 26.0 Å². The topological polar surface area (TPSA) is 178 Å². The van der Waals surface area contributed by atoms with Crippen molar-refractivity contribution in [2.75, 3.05) is 38.7 Å². The number of nitrogens with one attached hydrogen (secondary N) is 3. The van der Waals surface area contributed by atoms with E-state index in [9.17, 15) is 19.7 Å².